The summed E-state index contributed by atoms with van der Waals surface area (Å²) in [6.45, 7) is 2.30. The molecule has 0 saturated heterocycles. The summed E-state index contributed by atoms with van der Waals surface area (Å²) in [6, 6.07) is 4.82. The number of hydrogen-bond acceptors (Lipinski definition) is 0. The smallest absolute Gasteiger partial charge is 0.236 e. The van der Waals surface area contributed by atoms with E-state index in [9.17, 15) is 8.78 Å². The van der Waals surface area contributed by atoms with Crippen LogP contribution in [0.2, 0.25) is 0 Å². The van der Waals surface area contributed by atoms with E-state index in [1.54, 1.807) is 0 Å². The Kier molecular flexibility index (Phi) is 6.94. The van der Waals surface area contributed by atoms with Crippen LogP contribution in [-0.2, 0) is 39.1 Å². The van der Waals surface area contributed by atoms with E-state index in [1.165, 1.54) is 37.8 Å². The Bertz CT molecular complexity index is 351. The second-order valence-electron chi connectivity index (χ2n) is 5.35. The van der Waals surface area contributed by atoms with Gasteiger partial charge in [-0.05, 0) is 18.3 Å². The van der Waals surface area contributed by atoms with Crippen LogP contribution < -0.4 is 0 Å². The van der Waals surface area contributed by atoms with Gasteiger partial charge in [0, 0.05) is 11.6 Å². The van der Waals surface area contributed by atoms with Crippen molar-refractivity contribution in [3.8, 4) is 0 Å². The zero-order chi connectivity index (χ0) is 12.3. The standard InChI is InChI=1S/C15H19F2.Y/c1-11-2-4-12(5-3-11)6-7-13-8-14(16)10-15(17)9-13;/h8-9,11-12H,2-7H2,1H3;/q-1;+3. The number of halogens is 2. The van der Waals surface area contributed by atoms with Gasteiger partial charge in [0.2, 0.25) is 0 Å². The molecule has 1 aliphatic carbocycles. The van der Waals surface area contributed by atoms with E-state index in [0.717, 1.165) is 30.2 Å². The molecule has 1 aromatic carbocycles. The number of benzene rings is 1. The molecule has 0 amide bonds. The summed E-state index contributed by atoms with van der Waals surface area (Å²) < 4.78 is 25.9. The van der Waals surface area contributed by atoms with E-state index < -0.39 is 11.6 Å². The molecule has 0 bridgehead atoms. The van der Waals surface area contributed by atoms with Crippen LogP contribution in [0.5, 0.6) is 0 Å². The van der Waals surface area contributed by atoms with Gasteiger partial charge < -0.3 is 0 Å². The monoisotopic (exact) mass is 326 g/mol. The van der Waals surface area contributed by atoms with E-state index in [1.807, 2.05) is 6.07 Å². The fraction of sp³-hybridized carbons (Fsp3) is 0.600. The quantitative estimate of drug-likeness (QED) is 0.717. The average Bonchev–Trinajstić information content (AvgIpc) is 2.27. The molecule has 0 nitrogen and oxygen atoms in total. The van der Waals surface area contributed by atoms with Gasteiger partial charge in [0.15, 0.2) is 0 Å². The predicted octanol–water partition coefficient (Wildman–Crippen LogP) is 4.52. The first kappa shape index (κ1) is 16.2. The molecule has 18 heavy (non-hydrogen) atoms. The Balaban J connectivity index is 0.00000162. The minimum absolute atomic E-state index is 0. The zero-order valence-corrected chi connectivity index (χ0v) is 13.7. The fourth-order valence-electron chi connectivity index (χ4n) is 2.69. The van der Waals surface area contributed by atoms with Crippen molar-refractivity contribution >= 4 is 0 Å². The Hall–Kier alpha value is 0.184. The van der Waals surface area contributed by atoms with Crippen molar-refractivity contribution in [3.05, 3.63) is 35.4 Å². The van der Waals surface area contributed by atoms with Gasteiger partial charge in [0.25, 0.3) is 0 Å². The molecular weight excluding hydrogens is 307 g/mol. The molecule has 94 valence electrons. The van der Waals surface area contributed by atoms with Gasteiger partial charge in [-0.3, -0.25) is 0 Å². The van der Waals surface area contributed by atoms with Gasteiger partial charge in [-0.1, -0.05) is 39.0 Å². The van der Waals surface area contributed by atoms with Crippen LogP contribution in [-0.4, -0.2) is 0 Å². The molecule has 3 heteroatoms. The Morgan fingerprint density at radius 1 is 1.11 bits per heavy atom. The van der Waals surface area contributed by atoms with Crippen molar-refractivity contribution < 1.29 is 41.5 Å². The number of hydrogen-bond donors (Lipinski definition) is 0. The van der Waals surface area contributed by atoms with Gasteiger partial charge in [-0.2, -0.15) is 5.56 Å². The van der Waals surface area contributed by atoms with Crippen molar-refractivity contribution in [2.45, 2.75) is 45.4 Å². The third kappa shape index (κ3) is 5.05. The van der Waals surface area contributed by atoms with E-state index in [0.29, 0.717) is 0 Å². The van der Waals surface area contributed by atoms with E-state index in [2.05, 4.69) is 6.92 Å². The first-order valence-electron chi connectivity index (χ1n) is 6.50. The molecule has 0 atom stereocenters. The summed E-state index contributed by atoms with van der Waals surface area (Å²) in [5.74, 6) is 0.420. The van der Waals surface area contributed by atoms with Crippen molar-refractivity contribution in [1.82, 2.24) is 0 Å². The maximum absolute atomic E-state index is 12.9. The second-order valence-corrected chi connectivity index (χ2v) is 5.35. The minimum atomic E-state index is -0.586. The minimum Gasteiger partial charge on any atom is -0.236 e. The Labute approximate surface area is 133 Å². The topological polar surface area (TPSA) is 0 Å². The van der Waals surface area contributed by atoms with E-state index >= 15 is 0 Å². The maximum atomic E-state index is 12.9. The molecule has 0 aliphatic heterocycles. The Morgan fingerprint density at radius 2 is 1.67 bits per heavy atom. The summed E-state index contributed by atoms with van der Waals surface area (Å²) in [6.07, 6.45) is 6.97. The van der Waals surface area contributed by atoms with Crippen molar-refractivity contribution in [2.24, 2.45) is 11.8 Å². The van der Waals surface area contributed by atoms with Crippen LogP contribution in [0, 0.1) is 29.5 Å². The van der Waals surface area contributed by atoms with Crippen LogP contribution in [0.15, 0.2) is 12.1 Å². The summed E-state index contributed by atoms with van der Waals surface area (Å²) >= 11 is 0. The number of aryl methyl sites for hydroxylation is 1. The zero-order valence-electron chi connectivity index (χ0n) is 10.9. The van der Waals surface area contributed by atoms with Crippen LogP contribution >= 0.6 is 0 Å². The van der Waals surface area contributed by atoms with Gasteiger partial charge in [-0.15, -0.1) is 18.2 Å². The van der Waals surface area contributed by atoms with Gasteiger partial charge in [0.1, 0.15) is 0 Å². The average molecular weight is 326 g/mol. The summed E-state index contributed by atoms with van der Waals surface area (Å²) in [7, 11) is 0. The van der Waals surface area contributed by atoms with Gasteiger partial charge in [-0.25, -0.2) is 8.78 Å². The first-order chi connectivity index (χ1) is 8.13. The molecule has 0 heterocycles. The van der Waals surface area contributed by atoms with Crippen molar-refractivity contribution in [1.29, 1.82) is 0 Å². The summed E-state index contributed by atoms with van der Waals surface area (Å²) in [5, 5.41) is 0. The van der Waals surface area contributed by atoms with Crippen LogP contribution in [0.1, 0.15) is 44.6 Å². The van der Waals surface area contributed by atoms with Crippen LogP contribution in [0.3, 0.4) is 0 Å². The molecule has 2 rings (SSSR count). The Morgan fingerprint density at radius 3 is 2.22 bits per heavy atom. The summed E-state index contributed by atoms with van der Waals surface area (Å²) in [4.78, 5) is 0. The predicted molar refractivity (Wildman–Crippen MR) is 64.6 cm³/mol. The second kappa shape index (κ2) is 7.70. The largest absolute Gasteiger partial charge is 3.00 e. The molecule has 1 fully saturated rings. The maximum Gasteiger partial charge on any atom is 3.00 e. The fourth-order valence-corrected chi connectivity index (χ4v) is 2.69. The van der Waals surface area contributed by atoms with Crippen molar-refractivity contribution in [3.63, 3.8) is 0 Å². The van der Waals surface area contributed by atoms with Crippen LogP contribution in [0.25, 0.3) is 0 Å². The summed E-state index contributed by atoms with van der Waals surface area (Å²) in [5.41, 5.74) is 0.761. The molecule has 0 radical (unpaired) electrons. The van der Waals surface area contributed by atoms with Crippen LogP contribution in [0.4, 0.5) is 8.78 Å². The SMILES string of the molecule is CC1CCC(CCc2cc(F)[c-]c(F)c2)CC1.[Y+3]. The van der Waals surface area contributed by atoms with Gasteiger partial charge >= 0.3 is 32.7 Å². The molecule has 1 aromatic rings. The molecule has 1 saturated carbocycles. The molecule has 0 spiro atoms. The third-order valence-corrected chi connectivity index (χ3v) is 3.84. The van der Waals surface area contributed by atoms with Crippen molar-refractivity contribution in [2.75, 3.05) is 0 Å². The van der Waals surface area contributed by atoms with E-state index in [4.69, 9.17) is 0 Å². The number of rotatable bonds is 3. The van der Waals surface area contributed by atoms with E-state index in [-0.39, 0.29) is 32.7 Å². The molecule has 1 aliphatic rings. The normalized spacial score (nSPS) is 23.5. The molecule has 0 N–H and O–H groups in total. The molecule has 0 aromatic heterocycles. The third-order valence-electron chi connectivity index (χ3n) is 3.84. The van der Waals surface area contributed by atoms with Gasteiger partial charge in [0.05, 0.1) is 0 Å². The molecular formula is C15H19F2Y+2. The first-order valence-corrected chi connectivity index (χ1v) is 6.50. The molecule has 0 unspecified atom stereocenters.